The minimum atomic E-state index is 0. The smallest absolute Gasteiger partial charge is 0.160 e. The number of halogens is 1. The lowest BCUT2D eigenvalue weighted by molar-refractivity contribution is 0.198. The van der Waals surface area contributed by atoms with Gasteiger partial charge in [-0.05, 0) is 44.0 Å². The highest BCUT2D eigenvalue weighted by Crippen LogP contribution is 2.36. The first-order valence-electron chi connectivity index (χ1n) is 6.44. The van der Waals surface area contributed by atoms with Gasteiger partial charge >= 0.3 is 0 Å². The molecular weight excluding hydrogens is 341 g/mol. The molecule has 2 N–H and O–H groups in total. The van der Waals surface area contributed by atoms with Crippen LogP contribution in [0.3, 0.4) is 0 Å². The molecule has 1 aliphatic carbocycles. The van der Waals surface area contributed by atoms with Crippen LogP contribution in [0.1, 0.15) is 31.4 Å². The zero-order valence-corrected chi connectivity index (χ0v) is 13.3. The van der Waals surface area contributed by atoms with Gasteiger partial charge < -0.3 is 15.1 Å². The molecule has 0 saturated carbocycles. The molecule has 0 aliphatic heterocycles. The van der Waals surface area contributed by atoms with E-state index >= 15 is 0 Å². The van der Waals surface area contributed by atoms with Gasteiger partial charge in [0, 0.05) is 11.6 Å². The molecule has 0 bridgehead atoms. The number of benzene rings is 1. The van der Waals surface area contributed by atoms with E-state index in [1.165, 1.54) is 5.56 Å². The normalized spacial score (nSPS) is 18.3. The van der Waals surface area contributed by atoms with Gasteiger partial charge in [-0.3, -0.25) is 0 Å². The molecule has 0 aromatic heterocycles. The third-order valence-corrected chi connectivity index (χ3v) is 3.87. The standard InChI is InChI=1S/C14H21NO2.HI/c1-3-15(4-2)11-6-7-12-10(9-11)5-8-13(16)14(12)17;/h5,8,11,16-17H,3-4,6-7,9H2,1-2H3;1H. The Morgan fingerprint density at radius 3 is 2.50 bits per heavy atom. The maximum atomic E-state index is 9.82. The lowest BCUT2D eigenvalue weighted by atomic mass is 9.86. The lowest BCUT2D eigenvalue weighted by Crippen LogP contribution is -2.39. The summed E-state index contributed by atoms with van der Waals surface area (Å²) in [6.07, 6.45) is 2.90. The zero-order valence-electron chi connectivity index (χ0n) is 11.0. The Hall–Kier alpha value is -0.490. The summed E-state index contributed by atoms with van der Waals surface area (Å²) in [4.78, 5) is 2.47. The second kappa shape index (κ2) is 6.61. The number of hydrogen-bond acceptors (Lipinski definition) is 3. The predicted molar refractivity (Wildman–Crippen MR) is 83.9 cm³/mol. The van der Waals surface area contributed by atoms with Crippen molar-refractivity contribution in [2.24, 2.45) is 0 Å². The van der Waals surface area contributed by atoms with E-state index < -0.39 is 0 Å². The van der Waals surface area contributed by atoms with Crippen molar-refractivity contribution in [3.05, 3.63) is 23.3 Å². The molecule has 0 fully saturated rings. The summed E-state index contributed by atoms with van der Waals surface area (Å²) in [5.74, 6) is 0.0885. The summed E-state index contributed by atoms with van der Waals surface area (Å²) < 4.78 is 0. The average Bonchev–Trinajstić information content (AvgIpc) is 2.35. The second-order valence-electron chi connectivity index (χ2n) is 4.69. The van der Waals surface area contributed by atoms with Crippen molar-refractivity contribution in [3.8, 4) is 11.5 Å². The minimum absolute atomic E-state index is 0. The van der Waals surface area contributed by atoms with E-state index in [1.54, 1.807) is 6.07 Å². The highest BCUT2D eigenvalue weighted by molar-refractivity contribution is 14.0. The monoisotopic (exact) mass is 363 g/mol. The van der Waals surface area contributed by atoms with E-state index in [1.807, 2.05) is 6.07 Å². The third kappa shape index (κ3) is 2.91. The van der Waals surface area contributed by atoms with Crippen LogP contribution in [0.4, 0.5) is 0 Å². The maximum Gasteiger partial charge on any atom is 0.160 e. The van der Waals surface area contributed by atoms with Crippen LogP contribution in [0.2, 0.25) is 0 Å². The Kier molecular flexibility index (Phi) is 5.72. The van der Waals surface area contributed by atoms with Gasteiger partial charge in [-0.2, -0.15) is 0 Å². The zero-order chi connectivity index (χ0) is 12.4. The first-order chi connectivity index (χ1) is 8.17. The van der Waals surface area contributed by atoms with Gasteiger partial charge in [0.2, 0.25) is 0 Å². The summed E-state index contributed by atoms with van der Waals surface area (Å²) in [6.45, 7) is 6.52. The summed E-state index contributed by atoms with van der Waals surface area (Å²) in [5, 5.41) is 19.3. The molecule has 1 aliphatic rings. The van der Waals surface area contributed by atoms with E-state index in [2.05, 4.69) is 18.7 Å². The molecule has 3 nitrogen and oxygen atoms in total. The molecule has 1 aromatic rings. The predicted octanol–water partition coefficient (Wildman–Crippen LogP) is 2.91. The summed E-state index contributed by atoms with van der Waals surface area (Å²) in [5.41, 5.74) is 2.12. The summed E-state index contributed by atoms with van der Waals surface area (Å²) in [6, 6.07) is 4.11. The van der Waals surface area contributed by atoms with Crippen LogP contribution in [0, 0.1) is 0 Å². The van der Waals surface area contributed by atoms with Gasteiger partial charge in [0.05, 0.1) is 0 Å². The molecule has 0 amide bonds. The number of nitrogens with zero attached hydrogens (tertiary/aromatic N) is 1. The van der Waals surface area contributed by atoms with Gasteiger partial charge in [0.25, 0.3) is 0 Å². The minimum Gasteiger partial charge on any atom is -0.504 e. The van der Waals surface area contributed by atoms with Gasteiger partial charge in [-0.1, -0.05) is 19.9 Å². The molecule has 102 valence electrons. The lowest BCUT2D eigenvalue weighted by Gasteiger charge is -2.34. The van der Waals surface area contributed by atoms with Crippen LogP contribution in [0.25, 0.3) is 0 Å². The summed E-state index contributed by atoms with van der Waals surface area (Å²) in [7, 11) is 0. The van der Waals surface area contributed by atoms with Crippen molar-refractivity contribution in [1.82, 2.24) is 4.90 Å². The van der Waals surface area contributed by atoms with Crippen molar-refractivity contribution in [2.75, 3.05) is 13.1 Å². The van der Waals surface area contributed by atoms with E-state index in [0.717, 1.165) is 37.9 Å². The van der Waals surface area contributed by atoms with Crippen LogP contribution < -0.4 is 0 Å². The SMILES string of the molecule is CCN(CC)C1CCc2c(ccc(O)c2O)C1.I. The van der Waals surface area contributed by atoms with Crippen LogP contribution in [0.15, 0.2) is 12.1 Å². The van der Waals surface area contributed by atoms with Crippen molar-refractivity contribution < 1.29 is 10.2 Å². The van der Waals surface area contributed by atoms with Crippen LogP contribution in [-0.4, -0.2) is 34.2 Å². The van der Waals surface area contributed by atoms with Crippen molar-refractivity contribution in [2.45, 2.75) is 39.2 Å². The highest BCUT2D eigenvalue weighted by Gasteiger charge is 2.25. The van der Waals surface area contributed by atoms with Gasteiger partial charge in [-0.25, -0.2) is 0 Å². The Morgan fingerprint density at radius 1 is 1.22 bits per heavy atom. The van der Waals surface area contributed by atoms with Gasteiger partial charge in [0.1, 0.15) is 0 Å². The quantitative estimate of drug-likeness (QED) is 0.641. The molecule has 0 saturated heterocycles. The average molecular weight is 363 g/mol. The van der Waals surface area contributed by atoms with Crippen molar-refractivity contribution in [3.63, 3.8) is 0 Å². The molecule has 4 heteroatoms. The fraction of sp³-hybridized carbons (Fsp3) is 0.571. The molecule has 0 radical (unpaired) electrons. The molecule has 1 aromatic carbocycles. The number of hydrogen-bond donors (Lipinski definition) is 2. The first-order valence-corrected chi connectivity index (χ1v) is 6.44. The Labute approximate surface area is 126 Å². The fourth-order valence-corrected chi connectivity index (χ4v) is 2.85. The fourth-order valence-electron chi connectivity index (χ4n) is 2.85. The molecule has 1 unspecified atom stereocenters. The number of phenols is 2. The van der Waals surface area contributed by atoms with Crippen molar-refractivity contribution >= 4 is 24.0 Å². The van der Waals surface area contributed by atoms with Crippen molar-refractivity contribution in [1.29, 1.82) is 0 Å². The topological polar surface area (TPSA) is 43.7 Å². The number of phenolic OH excluding ortho intramolecular Hbond substituents is 2. The molecule has 0 spiro atoms. The highest BCUT2D eigenvalue weighted by atomic mass is 127. The summed E-state index contributed by atoms with van der Waals surface area (Å²) >= 11 is 0. The van der Waals surface area contributed by atoms with E-state index in [-0.39, 0.29) is 35.5 Å². The van der Waals surface area contributed by atoms with Crippen LogP contribution >= 0.6 is 24.0 Å². The molecule has 0 heterocycles. The first kappa shape index (κ1) is 15.6. The molecule has 2 rings (SSSR count). The van der Waals surface area contributed by atoms with Gasteiger partial charge in [0.15, 0.2) is 11.5 Å². The Morgan fingerprint density at radius 2 is 1.89 bits per heavy atom. The van der Waals surface area contributed by atoms with E-state index in [4.69, 9.17) is 0 Å². The van der Waals surface area contributed by atoms with Crippen LogP contribution in [0.5, 0.6) is 11.5 Å². The van der Waals surface area contributed by atoms with Crippen LogP contribution in [-0.2, 0) is 12.8 Å². The number of aromatic hydroxyl groups is 2. The number of likely N-dealkylation sites (N-methyl/N-ethyl adjacent to an activating group) is 1. The molecule has 18 heavy (non-hydrogen) atoms. The molecular formula is C14H22INO2. The Bertz CT molecular complexity index is 405. The number of fused-ring (bicyclic) bond motifs is 1. The van der Waals surface area contributed by atoms with Gasteiger partial charge in [-0.15, -0.1) is 24.0 Å². The molecule has 1 atom stereocenters. The second-order valence-corrected chi connectivity index (χ2v) is 4.69. The third-order valence-electron chi connectivity index (χ3n) is 3.87. The van der Waals surface area contributed by atoms with E-state index in [9.17, 15) is 10.2 Å². The Balaban J connectivity index is 0.00000162. The number of rotatable bonds is 3. The maximum absolute atomic E-state index is 9.82. The van der Waals surface area contributed by atoms with E-state index in [0.29, 0.717) is 6.04 Å². The largest absolute Gasteiger partial charge is 0.504 e.